The topological polar surface area (TPSA) is 92.9 Å². The van der Waals surface area contributed by atoms with Crippen LogP contribution in [0.2, 0.25) is 0 Å². The number of hydrogen-bond acceptors (Lipinski definition) is 5. The molecule has 0 saturated heterocycles. The molecular weight excluding hydrogens is 228 g/mol. The van der Waals surface area contributed by atoms with Crippen LogP contribution in [-0.4, -0.2) is 37.2 Å². The molecule has 0 spiro atoms. The van der Waals surface area contributed by atoms with Crippen molar-refractivity contribution in [3.63, 3.8) is 0 Å². The number of nitro groups is 1. The fraction of sp³-hybridized carbons (Fsp3) is 0.300. The lowest BCUT2D eigenvalue weighted by atomic mass is 10.1. The summed E-state index contributed by atoms with van der Waals surface area (Å²) in [5.74, 6) is -1.23. The molecule has 7 nitrogen and oxygen atoms in total. The quantitative estimate of drug-likeness (QED) is 0.631. The Kier molecular flexibility index (Phi) is 3.52. The first-order valence-electron chi connectivity index (χ1n) is 4.65. The number of carboxylic acids is 1. The van der Waals surface area contributed by atoms with Crippen molar-refractivity contribution in [2.45, 2.75) is 0 Å². The maximum absolute atomic E-state index is 11.0. The standard InChI is InChI=1S/C10H12N2O5/c1-11(2)7-4-6(10(13)14)9(17-3)5-8(7)12(15)16/h4-5H,1-3H3,(H,13,14). The Bertz CT molecular complexity index is 470. The Hall–Kier alpha value is -2.31. The number of nitro benzene ring substituents is 1. The van der Waals surface area contributed by atoms with E-state index in [0.29, 0.717) is 0 Å². The molecule has 0 aliphatic rings. The summed E-state index contributed by atoms with van der Waals surface area (Å²) in [7, 11) is 4.46. The molecule has 0 aromatic heterocycles. The summed E-state index contributed by atoms with van der Waals surface area (Å²) in [5.41, 5.74) is -0.0909. The largest absolute Gasteiger partial charge is 0.496 e. The molecule has 1 aromatic rings. The van der Waals surface area contributed by atoms with E-state index in [1.165, 1.54) is 18.1 Å². The summed E-state index contributed by atoms with van der Waals surface area (Å²) < 4.78 is 4.83. The van der Waals surface area contributed by atoms with E-state index < -0.39 is 10.9 Å². The first-order chi connectivity index (χ1) is 7.88. The second kappa shape index (κ2) is 4.69. The van der Waals surface area contributed by atoms with Gasteiger partial charge in [-0.3, -0.25) is 10.1 Å². The average molecular weight is 240 g/mol. The van der Waals surface area contributed by atoms with E-state index in [-0.39, 0.29) is 22.7 Å². The van der Waals surface area contributed by atoms with Crippen molar-refractivity contribution in [2.75, 3.05) is 26.1 Å². The summed E-state index contributed by atoms with van der Waals surface area (Å²) in [6, 6.07) is 2.33. The van der Waals surface area contributed by atoms with Gasteiger partial charge in [-0.05, 0) is 6.07 Å². The predicted molar refractivity (Wildman–Crippen MR) is 60.9 cm³/mol. The lowest BCUT2D eigenvalue weighted by molar-refractivity contribution is -0.384. The number of carbonyl (C=O) groups is 1. The second-order valence-corrected chi connectivity index (χ2v) is 3.50. The Morgan fingerprint density at radius 3 is 2.41 bits per heavy atom. The average Bonchev–Trinajstić information content (AvgIpc) is 2.26. The predicted octanol–water partition coefficient (Wildman–Crippen LogP) is 1.37. The van der Waals surface area contributed by atoms with Crippen molar-refractivity contribution in [2.24, 2.45) is 0 Å². The van der Waals surface area contributed by atoms with Crippen LogP contribution in [0.3, 0.4) is 0 Å². The summed E-state index contributed by atoms with van der Waals surface area (Å²) in [6.45, 7) is 0. The van der Waals surface area contributed by atoms with E-state index in [9.17, 15) is 14.9 Å². The monoisotopic (exact) mass is 240 g/mol. The van der Waals surface area contributed by atoms with Crippen LogP contribution in [0.25, 0.3) is 0 Å². The summed E-state index contributed by atoms with van der Waals surface area (Å²) >= 11 is 0. The Morgan fingerprint density at radius 2 is 2.06 bits per heavy atom. The molecule has 0 atom stereocenters. The summed E-state index contributed by atoms with van der Waals surface area (Å²) in [4.78, 5) is 22.7. The minimum atomic E-state index is -1.19. The van der Waals surface area contributed by atoms with Crippen LogP contribution in [0.15, 0.2) is 12.1 Å². The van der Waals surface area contributed by atoms with Gasteiger partial charge >= 0.3 is 5.97 Å². The number of nitrogens with zero attached hydrogens (tertiary/aromatic N) is 2. The van der Waals surface area contributed by atoms with Gasteiger partial charge in [0.25, 0.3) is 5.69 Å². The number of benzene rings is 1. The minimum absolute atomic E-state index is 0.0326. The zero-order valence-electron chi connectivity index (χ0n) is 9.63. The molecule has 0 fully saturated rings. The van der Waals surface area contributed by atoms with Gasteiger partial charge in [0.1, 0.15) is 17.0 Å². The van der Waals surface area contributed by atoms with Crippen LogP contribution in [0, 0.1) is 10.1 Å². The zero-order valence-corrected chi connectivity index (χ0v) is 9.63. The zero-order chi connectivity index (χ0) is 13.2. The molecule has 0 aliphatic carbocycles. The number of anilines is 1. The van der Waals surface area contributed by atoms with Gasteiger partial charge in [-0.1, -0.05) is 0 Å². The minimum Gasteiger partial charge on any atom is -0.496 e. The highest BCUT2D eigenvalue weighted by Gasteiger charge is 2.22. The van der Waals surface area contributed by atoms with E-state index in [4.69, 9.17) is 9.84 Å². The fourth-order valence-corrected chi connectivity index (χ4v) is 1.40. The molecule has 0 bridgehead atoms. The number of rotatable bonds is 4. The molecule has 0 unspecified atom stereocenters. The molecule has 17 heavy (non-hydrogen) atoms. The Labute approximate surface area is 97.4 Å². The summed E-state index contributed by atoms with van der Waals surface area (Å²) in [6.07, 6.45) is 0. The van der Waals surface area contributed by atoms with Crippen LogP contribution in [0.1, 0.15) is 10.4 Å². The molecular formula is C10H12N2O5. The van der Waals surface area contributed by atoms with E-state index in [0.717, 1.165) is 6.07 Å². The number of methoxy groups -OCH3 is 1. The van der Waals surface area contributed by atoms with Crippen LogP contribution in [-0.2, 0) is 0 Å². The van der Waals surface area contributed by atoms with Gasteiger partial charge < -0.3 is 14.7 Å². The molecule has 1 N–H and O–H groups in total. The van der Waals surface area contributed by atoms with Gasteiger partial charge in [-0.2, -0.15) is 0 Å². The van der Waals surface area contributed by atoms with Crippen LogP contribution >= 0.6 is 0 Å². The van der Waals surface area contributed by atoms with Gasteiger partial charge in [0.05, 0.1) is 18.1 Å². The van der Waals surface area contributed by atoms with Gasteiger partial charge in [0.2, 0.25) is 0 Å². The lowest BCUT2D eigenvalue weighted by Gasteiger charge is -2.15. The Balaban J connectivity index is 3.53. The van der Waals surface area contributed by atoms with E-state index in [1.807, 2.05) is 0 Å². The fourth-order valence-electron chi connectivity index (χ4n) is 1.40. The van der Waals surface area contributed by atoms with Crippen molar-refractivity contribution in [3.8, 4) is 5.75 Å². The molecule has 1 aromatic carbocycles. The third-order valence-electron chi connectivity index (χ3n) is 2.21. The highest BCUT2D eigenvalue weighted by atomic mass is 16.6. The number of carboxylic acid groups (broad SMARTS) is 1. The van der Waals surface area contributed by atoms with Crippen molar-refractivity contribution < 1.29 is 19.6 Å². The molecule has 7 heteroatoms. The molecule has 0 aliphatic heterocycles. The van der Waals surface area contributed by atoms with Gasteiger partial charge in [-0.25, -0.2) is 4.79 Å². The number of ether oxygens (including phenoxy) is 1. The third kappa shape index (κ3) is 2.44. The van der Waals surface area contributed by atoms with Crippen molar-refractivity contribution >= 4 is 17.3 Å². The highest BCUT2D eigenvalue weighted by Crippen LogP contribution is 2.34. The van der Waals surface area contributed by atoms with Crippen molar-refractivity contribution in [1.82, 2.24) is 0 Å². The molecule has 0 radical (unpaired) electrons. The molecule has 0 heterocycles. The van der Waals surface area contributed by atoms with Crippen molar-refractivity contribution in [3.05, 3.63) is 27.8 Å². The highest BCUT2D eigenvalue weighted by molar-refractivity contribution is 5.93. The number of aromatic carboxylic acids is 1. The van der Waals surface area contributed by atoms with Crippen LogP contribution < -0.4 is 9.64 Å². The lowest BCUT2D eigenvalue weighted by Crippen LogP contribution is -2.13. The Morgan fingerprint density at radius 1 is 1.47 bits per heavy atom. The smallest absolute Gasteiger partial charge is 0.339 e. The van der Waals surface area contributed by atoms with E-state index in [2.05, 4.69) is 0 Å². The maximum Gasteiger partial charge on any atom is 0.339 e. The molecule has 0 amide bonds. The number of hydrogen-bond donors (Lipinski definition) is 1. The summed E-state index contributed by atoms with van der Waals surface area (Å²) in [5, 5.41) is 19.8. The van der Waals surface area contributed by atoms with Crippen molar-refractivity contribution in [1.29, 1.82) is 0 Å². The molecule has 1 rings (SSSR count). The molecule has 0 saturated carbocycles. The first-order valence-corrected chi connectivity index (χ1v) is 4.65. The SMILES string of the molecule is COc1cc([N+](=O)[O-])c(N(C)C)cc1C(=O)O. The van der Waals surface area contributed by atoms with E-state index >= 15 is 0 Å². The normalized spacial score (nSPS) is 9.82. The third-order valence-corrected chi connectivity index (χ3v) is 2.21. The van der Waals surface area contributed by atoms with Crippen LogP contribution in [0.5, 0.6) is 5.75 Å². The molecule has 92 valence electrons. The van der Waals surface area contributed by atoms with Gasteiger partial charge in [-0.15, -0.1) is 0 Å². The van der Waals surface area contributed by atoms with Gasteiger partial charge in [0, 0.05) is 14.1 Å². The van der Waals surface area contributed by atoms with Crippen LogP contribution in [0.4, 0.5) is 11.4 Å². The maximum atomic E-state index is 11.0. The first kappa shape index (κ1) is 12.8. The van der Waals surface area contributed by atoms with E-state index in [1.54, 1.807) is 14.1 Å². The second-order valence-electron chi connectivity index (χ2n) is 3.50. The van der Waals surface area contributed by atoms with Gasteiger partial charge in [0.15, 0.2) is 0 Å².